The average Bonchev–Trinajstić information content (AvgIpc) is 3.05. The fraction of sp³-hybridized carbons (Fsp3) is 0.115. The Bertz CT molecular complexity index is 1280. The molecule has 0 atom stereocenters. The normalized spacial score (nSPS) is 13.4. The molecular formula is C26H21N3O3. The van der Waals surface area contributed by atoms with E-state index >= 15 is 0 Å². The number of aryl methyl sites for hydroxylation is 2. The van der Waals surface area contributed by atoms with Gasteiger partial charge in [-0.05, 0) is 73.0 Å². The van der Waals surface area contributed by atoms with Crippen molar-refractivity contribution in [1.29, 1.82) is 5.26 Å². The third-order valence-electron chi connectivity index (χ3n) is 5.37. The second kappa shape index (κ2) is 8.40. The van der Waals surface area contributed by atoms with Crippen LogP contribution in [0.15, 0.2) is 72.4 Å². The van der Waals surface area contributed by atoms with Gasteiger partial charge in [-0.1, -0.05) is 24.3 Å². The number of hydrogen-bond acceptors (Lipinski definition) is 5. The van der Waals surface area contributed by atoms with Crippen LogP contribution in [0.1, 0.15) is 22.3 Å². The van der Waals surface area contributed by atoms with E-state index < -0.39 is 11.8 Å². The van der Waals surface area contributed by atoms with Crippen LogP contribution in [-0.4, -0.2) is 18.9 Å². The highest BCUT2D eigenvalue weighted by molar-refractivity contribution is 6.46. The molecule has 0 aliphatic carbocycles. The molecule has 6 heteroatoms. The standard InChI is InChI=1S/C26H21N3O3/c1-16-4-5-17(2)22(14-16)28-24-23(19-8-12-21(32-3)13-9-19)25(30)29(26(24)31)20-10-6-18(15-27)7-11-20/h4-14,28H,1-3H3. The number of carbonyl (C=O) groups is 2. The number of ether oxygens (including phenoxy) is 1. The quantitative estimate of drug-likeness (QED) is 0.608. The zero-order valence-electron chi connectivity index (χ0n) is 18.0. The van der Waals surface area contributed by atoms with E-state index in [1.807, 2.05) is 38.1 Å². The highest BCUT2D eigenvalue weighted by Crippen LogP contribution is 2.35. The van der Waals surface area contributed by atoms with E-state index in [9.17, 15) is 9.59 Å². The van der Waals surface area contributed by atoms with Gasteiger partial charge >= 0.3 is 0 Å². The Hall–Kier alpha value is -4.37. The van der Waals surface area contributed by atoms with Crippen LogP contribution < -0.4 is 15.0 Å². The summed E-state index contributed by atoms with van der Waals surface area (Å²) in [4.78, 5) is 28.1. The highest BCUT2D eigenvalue weighted by Gasteiger charge is 2.40. The summed E-state index contributed by atoms with van der Waals surface area (Å²) in [6.07, 6.45) is 0. The van der Waals surface area contributed by atoms with E-state index in [0.29, 0.717) is 22.6 Å². The van der Waals surface area contributed by atoms with Gasteiger partial charge in [-0.2, -0.15) is 5.26 Å². The average molecular weight is 423 g/mol. The van der Waals surface area contributed by atoms with Crippen molar-refractivity contribution in [2.24, 2.45) is 0 Å². The van der Waals surface area contributed by atoms with Crippen LogP contribution in [0.5, 0.6) is 5.75 Å². The predicted octanol–water partition coefficient (Wildman–Crippen LogP) is 4.58. The third-order valence-corrected chi connectivity index (χ3v) is 5.37. The summed E-state index contributed by atoms with van der Waals surface area (Å²) in [5.41, 5.74) is 4.69. The molecule has 3 aromatic rings. The summed E-state index contributed by atoms with van der Waals surface area (Å²) >= 11 is 0. The van der Waals surface area contributed by atoms with Gasteiger partial charge in [0, 0.05) is 5.69 Å². The molecule has 0 radical (unpaired) electrons. The number of nitrogens with one attached hydrogen (secondary N) is 1. The molecule has 0 saturated carbocycles. The molecule has 1 N–H and O–H groups in total. The number of rotatable bonds is 5. The van der Waals surface area contributed by atoms with Crippen molar-refractivity contribution in [1.82, 2.24) is 0 Å². The first-order valence-corrected chi connectivity index (χ1v) is 10.0. The second-order valence-corrected chi connectivity index (χ2v) is 7.53. The van der Waals surface area contributed by atoms with E-state index in [-0.39, 0.29) is 11.3 Å². The summed E-state index contributed by atoms with van der Waals surface area (Å²) < 4.78 is 5.22. The van der Waals surface area contributed by atoms with E-state index in [0.717, 1.165) is 21.7 Å². The zero-order chi connectivity index (χ0) is 22.8. The van der Waals surface area contributed by atoms with Crippen molar-refractivity contribution in [2.75, 3.05) is 17.3 Å². The topological polar surface area (TPSA) is 82.4 Å². The van der Waals surface area contributed by atoms with Crippen LogP contribution in [0.25, 0.3) is 5.57 Å². The van der Waals surface area contributed by atoms with Gasteiger partial charge in [-0.3, -0.25) is 9.59 Å². The number of methoxy groups -OCH3 is 1. The van der Waals surface area contributed by atoms with E-state index in [4.69, 9.17) is 10.00 Å². The monoisotopic (exact) mass is 423 g/mol. The number of anilines is 2. The van der Waals surface area contributed by atoms with Gasteiger partial charge in [0.1, 0.15) is 11.4 Å². The summed E-state index contributed by atoms with van der Waals surface area (Å²) in [6.45, 7) is 3.91. The Morgan fingerprint density at radius 2 is 1.59 bits per heavy atom. The van der Waals surface area contributed by atoms with E-state index in [1.165, 1.54) is 0 Å². The van der Waals surface area contributed by atoms with Crippen LogP contribution in [0, 0.1) is 25.2 Å². The summed E-state index contributed by atoms with van der Waals surface area (Å²) in [5.74, 6) is -0.233. The predicted molar refractivity (Wildman–Crippen MR) is 123 cm³/mol. The molecular weight excluding hydrogens is 402 g/mol. The number of imide groups is 1. The maximum atomic E-state index is 13.5. The lowest BCUT2D eigenvalue weighted by Gasteiger charge is -2.16. The van der Waals surface area contributed by atoms with Gasteiger partial charge in [-0.15, -0.1) is 0 Å². The highest BCUT2D eigenvalue weighted by atomic mass is 16.5. The first-order valence-electron chi connectivity index (χ1n) is 10.0. The Morgan fingerprint density at radius 3 is 2.22 bits per heavy atom. The molecule has 0 aromatic heterocycles. The van der Waals surface area contributed by atoms with Crippen LogP contribution in [0.4, 0.5) is 11.4 Å². The van der Waals surface area contributed by atoms with Gasteiger partial charge in [0.2, 0.25) is 0 Å². The van der Waals surface area contributed by atoms with Crippen molar-refractivity contribution in [3.63, 3.8) is 0 Å². The largest absolute Gasteiger partial charge is 0.497 e. The van der Waals surface area contributed by atoms with E-state index in [1.54, 1.807) is 55.6 Å². The summed E-state index contributed by atoms with van der Waals surface area (Å²) in [7, 11) is 1.57. The minimum absolute atomic E-state index is 0.207. The molecule has 0 fully saturated rings. The van der Waals surface area contributed by atoms with Gasteiger partial charge in [0.05, 0.1) is 30.0 Å². The van der Waals surface area contributed by atoms with Gasteiger partial charge in [-0.25, -0.2) is 4.90 Å². The van der Waals surface area contributed by atoms with Crippen molar-refractivity contribution in [3.8, 4) is 11.8 Å². The Labute approximate surface area is 186 Å². The smallest absolute Gasteiger partial charge is 0.282 e. The number of nitrogens with zero attached hydrogens (tertiary/aromatic N) is 2. The molecule has 0 bridgehead atoms. The molecule has 1 aliphatic heterocycles. The molecule has 158 valence electrons. The first kappa shape index (κ1) is 20.9. The maximum absolute atomic E-state index is 13.5. The molecule has 6 nitrogen and oxygen atoms in total. The lowest BCUT2D eigenvalue weighted by Crippen LogP contribution is -2.32. The van der Waals surface area contributed by atoms with Crippen molar-refractivity contribution in [2.45, 2.75) is 13.8 Å². The Balaban J connectivity index is 1.83. The molecule has 4 rings (SSSR count). The minimum Gasteiger partial charge on any atom is -0.497 e. The number of hydrogen-bond donors (Lipinski definition) is 1. The number of carbonyl (C=O) groups excluding carboxylic acids is 2. The zero-order valence-corrected chi connectivity index (χ0v) is 18.0. The van der Waals surface area contributed by atoms with Crippen LogP contribution in [0.2, 0.25) is 0 Å². The summed E-state index contributed by atoms with van der Waals surface area (Å²) in [6, 6.07) is 21.3. The number of benzene rings is 3. The Kier molecular flexibility index (Phi) is 5.48. The van der Waals surface area contributed by atoms with Gasteiger partial charge in [0.25, 0.3) is 11.8 Å². The molecule has 0 unspecified atom stereocenters. The Morgan fingerprint density at radius 1 is 0.906 bits per heavy atom. The first-order chi connectivity index (χ1) is 15.4. The molecule has 1 aliphatic rings. The fourth-order valence-electron chi connectivity index (χ4n) is 3.60. The van der Waals surface area contributed by atoms with E-state index in [2.05, 4.69) is 5.32 Å². The number of amides is 2. The molecule has 0 saturated heterocycles. The molecule has 3 aromatic carbocycles. The fourth-order valence-corrected chi connectivity index (χ4v) is 3.60. The SMILES string of the molecule is COc1ccc(C2=C(Nc3cc(C)ccc3C)C(=O)N(c3ccc(C#N)cc3)C2=O)cc1. The van der Waals surface area contributed by atoms with Crippen molar-refractivity contribution in [3.05, 3.63) is 94.7 Å². The molecule has 2 amide bonds. The van der Waals surface area contributed by atoms with Crippen LogP contribution in [0.3, 0.4) is 0 Å². The minimum atomic E-state index is -0.452. The maximum Gasteiger partial charge on any atom is 0.282 e. The lowest BCUT2D eigenvalue weighted by molar-refractivity contribution is -0.120. The van der Waals surface area contributed by atoms with Gasteiger partial charge < -0.3 is 10.1 Å². The second-order valence-electron chi connectivity index (χ2n) is 7.53. The molecule has 0 spiro atoms. The molecule has 32 heavy (non-hydrogen) atoms. The third kappa shape index (κ3) is 3.72. The van der Waals surface area contributed by atoms with Crippen molar-refractivity contribution < 1.29 is 14.3 Å². The summed E-state index contributed by atoms with van der Waals surface area (Å²) in [5, 5.41) is 12.3. The molecule has 1 heterocycles. The lowest BCUT2D eigenvalue weighted by atomic mass is 10.0. The van der Waals surface area contributed by atoms with Crippen LogP contribution in [-0.2, 0) is 9.59 Å². The number of nitriles is 1. The van der Waals surface area contributed by atoms with Crippen molar-refractivity contribution >= 4 is 28.8 Å². The van der Waals surface area contributed by atoms with Crippen LogP contribution >= 0.6 is 0 Å². The van der Waals surface area contributed by atoms with Gasteiger partial charge in [0.15, 0.2) is 0 Å².